The van der Waals surface area contributed by atoms with Crippen molar-refractivity contribution in [2.75, 3.05) is 12.8 Å². The molecule has 1 atom stereocenters. The number of nitrogens with one attached hydrogen (secondary N) is 1. The van der Waals surface area contributed by atoms with E-state index in [1.807, 2.05) is 0 Å². The van der Waals surface area contributed by atoms with Crippen molar-refractivity contribution in [2.45, 2.75) is 30.6 Å². The van der Waals surface area contributed by atoms with Gasteiger partial charge in [-0.2, -0.15) is 0 Å². The zero-order valence-corrected chi connectivity index (χ0v) is 12.7. The van der Waals surface area contributed by atoms with E-state index in [0.29, 0.717) is 11.0 Å². The van der Waals surface area contributed by atoms with Gasteiger partial charge in [-0.25, -0.2) is 4.39 Å². The minimum absolute atomic E-state index is 0.0305. The van der Waals surface area contributed by atoms with E-state index < -0.39 is 10.8 Å². The smallest absolute Gasteiger partial charge is 0.137 e. The molecule has 0 bridgehead atoms. The Hall–Kier alpha value is -0.260. The topological polar surface area (TPSA) is 29.1 Å². The summed E-state index contributed by atoms with van der Waals surface area (Å²) in [6.45, 7) is 1.45. The molecule has 1 aliphatic rings. The highest BCUT2D eigenvalue weighted by molar-refractivity contribution is 9.10. The zero-order valence-electron chi connectivity index (χ0n) is 10.3. The van der Waals surface area contributed by atoms with Crippen LogP contribution in [0, 0.1) is 5.82 Å². The summed E-state index contributed by atoms with van der Waals surface area (Å²) in [5, 5.41) is 3.34. The fourth-order valence-electron chi connectivity index (χ4n) is 2.22. The quantitative estimate of drug-likeness (QED) is 0.897. The predicted molar refractivity (Wildman–Crippen MR) is 76.5 cm³/mol. The van der Waals surface area contributed by atoms with E-state index in [2.05, 4.69) is 21.2 Å². The van der Waals surface area contributed by atoms with Gasteiger partial charge in [0.1, 0.15) is 5.82 Å². The second-order valence-corrected chi connectivity index (χ2v) is 7.47. The molecule has 1 aliphatic carbocycles. The van der Waals surface area contributed by atoms with Gasteiger partial charge in [0, 0.05) is 30.1 Å². The molecule has 0 radical (unpaired) electrons. The molecular formula is C13H17BrFNOS. The molecule has 0 spiro atoms. The van der Waals surface area contributed by atoms with E-state index in [1.165, 1.54) is 12.5 Å². The Morgan fingerprint density at radius 2 is 2.22 bits per heavy atom. The van der Waals surface area contributed by atoms with Crippen molar-refractivity contribution in [1.29, 1.82) is 0 Å². The van der Waals surface area contributed by atoms with E-state index in [-0.39, 0.29) is 10.6 Å². The van der Waals surface area contributed by atoms with Gasteiger partial charge < -0.3 is 5.32 Å². The van der Waals surface area contributed by atoms with Gasteiger partial charge >= 0.3 is 0 Å². The van der Waals surface area contributed by atoms with Crippen LogP contribution in [0.2, 0.25) is 0 Å². The first-order chi connectivity index (χ1) is 8.53. The highest BCUT2D eigenvalue weighted by atomic mass is 79.9. The highest BCUT2D eigenvalue weighted by Gasteiger charge is 2.40. The highest BCUT2D eigenvalue weighted by Crippen LogP contribution is 2.36. The van der Waals surface area contributed by atoms with Gasteiger partial charge in [0.15, 0.2) is 0 Å². The maximum absolute atomic E-state index is 13.1. The van der Waals surface area contributed by atoms with Gasteiger partial charge in [-0.1, -0.05) is 12.5 Å². The zero-order chi connectivity index (χ0) is 13.2. The monoisotopic (exact) mass is 333 g/mol. The fraction of sp³-hybridized carbons (Fsp3) is 0.538. The molecule has 100 valence electrons. The van der Waals surface area contributed by atoms with Crippen LogP contribution in [0.3, 0.4) is 0 Å². The summed E-state index contributed by atoms with van der Waals surface area (Å²) in [5.74, 6) is -0.246. The van der Waals surface area contributed by atoms with Gasteiger partial charge in [-0.05, 0) is 46.5 Å². The number of halogens is 2. The van der Waals surface area contributed by atoms with E-state index >= 15 is 0 Å². The lowest BCUT2D eigenvalue weighted by Gasteiger charge is -2.40. The second-order valence-electron chi connectivity index (χ2n) is 4.84. The first kappa shape index (κ1) is 14.2. The minimum Gasteiger partial charge on any atom is -0.311 e. The summed E-state index contributed by atoms with van der Waals surface area (Å²) in [5.41, 5.74) is 1.03. The molecule has 0 heterocycles. The number of rotatable bonds is 5. The summed E-state index contributed by atoms with van der Waals surface area (Å²) >= 11 is 3.17. The fourth-order valence-corrected chi connectivity index (χ4v) is 3.82. The molecule has 2 rings (SSSR count). The van der Waals surface area contributed by atoms with E-state index in [4.69, 9.17) is 0 Å². The van der Waals surface area contributed by atoms with Crippen LogP contribution in [0.4, 0.5) is 4.39 Å². The second kappa shape index (κ2) is 5.80. The Balaban J connectivity index is 1.88. The van der Waals surface area contributed by atoms with Crippen molar-refractivity contribution in [1.82, 2.24) is 5.32 Å². The first-order valence-corrected chi connectivity index (χ1v) is 8.37. The third-order valence-corrected chi connectivity index (χ3v) is 6.01. The van der Waals surface area contributed by atoms with Crippen molar-refractivity contribution in [3.05, 3.63) is 34.1 Å². The van der Waals surface area contributed by atoms with Crippen molar-refractivity contribution in [3.63, 3.8) is 0 Å². The van der Waals surface area contributed by atoms with E-state index in [1.54, 1.807) is 18.4 Å². The molecule has 1 N–H and O–H groups in total. The molecule has 2 nitrogen and oxygen atoms in total. The lowest BCUT2D eigenvalue weighted by molar-refractivity contribution is 0.335. The first-order valence-electron chi connectivity index (χ1n) is 6.02. The van der Waals surface area contributed by atoms with Gasteiger partial charge in [0.05, 0.1) is 9.22 Å². The van der Waals surface area contributed by atoms with Crippen molar-refractivity contribution in [2.24, 2.45) is 0 Å². The maximum Gasteiger partial charge on any atom is 0.137 e. The van der Waals surface area contributed by atoms with Crippen molar-refractivity contribution in [3.8, 4) is 0 Å². The molecule has 0 amide bonds. The standard InChI is InChI=1S/C13H17BrFNOS/c1-18(17)13(5-2-6-13)9-16-8-10-3-4-12(15)11(14)7-10/h3-4,7,16H,2,5-6,8-9H2,1H3/t18-/m0/s1. The maximum atomic E-state index is 13.1. The lowest BCUT2D eigenvalue weighted by Crippen LogP contribution is -2.49. The summed E-state index contributed by atoms with van der Waals surface area (Å²) < 4.78 is 25.2. The van der Waals surface area contributed by atoms with Gasteiger partial charge in [-0.3, -0.25) is 4.21 Å². The van der Waals surface area contributed by atoms with Crippen LogP contribution < -0.4 is 5.32 Å². The Kier molecular flexibility index (Phi) is 4.56. The van der Waals surface area contributed by atoms with Crippen LogP contribution in [0.5, 0.6) is 0 Å². The Bertz CT molecular complexity index is 462. The van der Waals surface area contributed by atoms with Crippen LogP contribution in [-0.2, 0) is 17.3 Å². The molecule has 0 saturated heterocycles. The van der Waals surface area contributed by atoms with Gasteiger partial charge in [0.2, 0.25) is 0 Å². The SMILES string of the molecule is C[S@](=O)C1(CNCc2ccc(F)c(Br)c2)CCC1. The third-order valence-electron chi connectivity index (χ3n) is 3.63. The van der Waals surface area contributed by atoms with Crippen LogP contribution in [-0.4, -0.2) is 21.8 Å². The Morgan fingerprint density at radius 1 is 1.50 bits per heavy atom. The molecule has 0 aliphatic heterocycles. The normalized spacial score (nSPS) is 19.3. The molecule has 0 aromatic heterocycles. The summed E-state index contributed by atoms with van der Waals surface area (Å²) in [6.07, 6.45) is 5.03. The molecule has 1 aromatic carbocycles. The minimum atomic E-state index is -0.780. The molecule has 1 aromatic rings. The largest absolute Gasteiger partial charge is 0.311 e. The average molecular weight is 334 g/mol. The van der Waals surface area contributed by atoms with E-state index in [0.717, 1.165) is 24.9 Å². The Labute approximate surface area is 118 Å². The van der Waals surface area contributed by atoms with E-state index in [9.17, 15) is 8.60 Å². The summed E-state index contributed by atoms with van der Waals surface area (Å²) in [7, 11) is -0.780. The average Bonchev–Trinajstić information content (AvgIpc) is 2.26. The van der Waals surface area contributed by atoms with Crippen LogP contribution in [0.1, 0.15) is 24.8 Å². The third kappa shape index (κ3) is 3.00. The number of benzene rings is 1. The van der Waals surface area contributed by atoms with Crippen molar-refractivity contribution < 1.29 is 8.60 Å². The van der Waals surface area contributed by atoms with Crippen LogP contribution in [0.25, 0.3) is 0 Å². The van der Waals surface area contributed by atoms with Crippen LogP contribution >= 0.6 is 15.9 Å². The Morgan fingerprint density at radius 3 is 2.72 bits per heavy atom. The number of hydrogen-bond acceptors (Lipinski definition) is 2. The van der Waals surface area contributed by atoms with Gasteiger partial charge in [0.25, 0.3) is 0 Å². The molecule has 18 heavy (non-hydrogen) atoms. The molecule has 0 unspecified atom stereocenters. The number of hydrogen-bond donors (Lipinski definition) is 1. The summed E-state index contributed by atoms with van der Waals surface area (Å²) in [6, 6.07) is 5.00. The predicted octanol–water partition coefficient (Wildman–Crippen LogP) is 2.98. The molecule has 1 fully saturated rings. The van der Waals surface area contributed by atoms with Gasteiger partial charge in [-0.15, -0.1) is 0 Å². The molecule has 5 heteroatoms. The molecular weight excluding hydrogens is 317 g/mol. The van der Waals surface area contributed by atoms with Crippen LogP contribution in [0.15, 0.2) is 22.7 Å². The van der Waals surface area contributed by atoms with Crippen molar-refractivity contribution >= 4 is 26.7 Å². The summed E-state index contributed by atoms with van der Waals surface area (Å²) in [4.78, 5) is 0. The lowest BCUT2D eigenvalue weighted by atomic mass is 9.84. The molecule has 1 saturated carbocycles.